The van der Waals surface area contributed by atoms with Crippen molar-refractivity contribution in [3.8, 4) is 6.07 Å². The molecule has 0 bridgehead atoms. The van der Waals surface area contributed by atoms with Crippen molar-refractivity contribution in [2.75, 3.05) is 13.1 Å². The summed E-state index contributed by atoms with van der Waals surface area (Å²) in [6.07, 6.45) is 3.94. The Labute approximate surface area is 177 Å². The van der Waals surface area contributed by atoms with Crippen molar-refractivity contribution < 1.29 is 0 Å². The number of hydrogen-bond acceptors (Lipinski definition) is 2. The Morgan fingerprint density at radius 3 is 2.40 bits per heavy atom. The summed E-state index contributed by atoms with van der Waals surface area (Å²) in [5.74, 6) is 0. The third kappa shape index (κ3) is 3.51. The van der Waals surface area contributed by atoms with Crippen LogP contribution in [0.2, 0.25) is 0 Å². The molecule has 148 valence electrons. The molecule has 1 aromatic heterocycles. The van der Waals surface area contributed by atoms with Crippen LogP contribution in [0.4, 0.5) is 0 Å². The maximum Gasteiger partial charge on any atom is 0.101 e. The fourth-order valence-corrected chi connectivity index (χ4v) is 4.95. The van der Waals surface area contributed by atoms with Gasteiger partial charge < -0.3 is 4.98 Å². The molecule has 0 aliphatic carbocycles. The van der Waals surface area contributed by atoms with Crippen LogP contribution in [-0.2, 0) is 18.4 Å². The zero-order chi connectivity index (χ0) is 20.4. The molecule has 0 saturated carbocycles. The standard InChI is InChI=1S/C27H25N3/c28-17-23-18-29-26-12-11-24(15-25(23)26)27(16-21-7-3-1-4-8-21)13-14-30(20-27)19-22-9-5-2-6-10-22/h1-12,15,18,29H,13-14,16,19-20H2. The van der Waals surface area contributed by atoms with Crippen molar-refractivity contribution in [1.29, 1.82) is 5.26 Å². The molecule has 4 aromatic rings. The number of fused-ring (bicyclic) bond motifs is 1. The van der Waals surface area contributed by atoms with Gasteiger partial charge in [0.2, 0.25) is 0 Å². The zero-order valence-electron chi connectivity index (χ0n) is 17.0. The Morgan fingerprint density at radius 1 is 0.933 bits per heavy atom. The van der Waals surface area contributed by atoms with E-state index in [1.54, 1.807) is 0 Å². The highest BCUT2D eigenvalue weighted by atomic mass is 15.2. The van der Waals surface area contributed by atoms with Gasteiger partial charge in [-0.15, -0.1) is 0 Å². The lowest BCUT2D eigenvalue weighted by Crippen LogP contribution is -2.33. The molecule has 0 amide bonds. The number of hydrogen-bond donors (Lipinski definition) is 1. The average Bonchev–Trinajstić information content (AvgIpc) is 3.39. The van der Waals surface area contributed by atoms with E-state index < -0.39 is 0 Å². The Kier molecular flexibility index (Phi) is 4.86. The monoisotopic (exact) mass is 391 g/mol. The van der Waals surface area contributed by atoms with Gasteiger partial charge in [0.15, 0.2) is 0 Å². The van der Waals surface area contributed by atoms with E-state index in [1.165, 1.54) is 16.7 Å². The number of benzene rings is 3. The molecule has 0 spiro atoms. The minimum absolute atomic E-state index is 0.0499. The highest BCUT2D eigenvalue weighted by Crippen LogP contribution is 2.40. The first-order chi connectivity index (χ1) is 14.8. The van der Waals surface area contributed by atoms with Crippen LogP contribution >= 0.6 is 0 Å². The van der Waals surface area contributed by atoms with Gasteiger partial charge >= 0.3 is 0 Å². The van der Waals surface area contributed by atoms with E-state index in [1.807, 2.05) is 6.20 Å². The van der Waals surface area contributed by atoms with Gasteiger partial charge in [0.05, 0.1) is 5.56 Å². The van der Waals surface area contributed by atoms with Gasteiger partial charge in [0, 0.05) is 35.6 Å². The number of nitrogens with zero attached hydrogens (tertiary/aromatic N) is 2. The normalized spacial score (nSPS) is 19.2. The summed E-state index contributed by atoms with van der Waals surface area (Å²) in [6.45, 7) is 3.08. The third-order valence-electron chi connectivity index (χ3n) is 6.48. The number of nitriles is 1. The maximum atomic E-state index is 9.51. The molecule has 1 unspecified atom stereocenters. The number of H-pyrrole nitrogens is 1. The smallest absolute Gasteiger partial charge is 0.101 e. The molecular formula is C27H25N3. The second-order valence-corrected chi connectivity index (χ2v) is 8.46. The minimum Gasteiger partial charge on any atom is -0.360 e. The highest BCUT2D eigenvalue weighted by molar-refractivity contribution is 5.86. The molecule has 3 nitrogen and oxygen atoms in total. The first kappa shape index (κ1) is 18.7. The van der Waals surface area contributed by atoms with Gasteiger partial charge in [0.25, 0.3) is 0 Å². The van der Waals surface area contributed by atoms with Gasteiger partial charge in [-0.05, 0) is 48.2 Å². The fraction of sp³-hybridized carbons (Fsp3) is 0.222. The average molecular weight is 392 g/mol. The first-order valence-electron chi connectivity index (χ1n) is 10.6. The van der Waals surface area contributed by atoms with Gasteiger partial charge in [-0.2, -0.15) is 5.26 Å². The number of aromatic nitrogens is 1. The molecular weight excluding hydrogens is 366 g/mol. The lowest BCUT2D eigenvalue weighted by molar-refractivity contribution is 0.301. The summed E-state index contributed by atoms with van der Waals surface area (Å²) in [7, 11) is 0. The van der Waals surface area contributed by atoms with Crippen molar-refractivity contribution >= 4 is 10.9 Å². The second-order valence-electron chi connectivity index (χ2n) is 8.46. The predicted molar refractivity (Wildman–Crippen MR) is 121 cm³/mol. The Bertz CT molecular complexity index is 1190. The van der Waals surface area contributed by atoms with Gasteiger partial charge in [-0.25, -0.2) is 0 Å². The summed E-state index contributed by atoms with van der Waals surface area (Å²) in [6, 6.07) is 30.5. The van der Waals surface area contributed by atoms with Crippen LogP contribution in [0, 0.1) is 11.3 Å². The van der Waals surface area contributed by atoms with Crippen LogP contribution in [0.5, 0.6) is 0 Å². The van der Waals surface area contributed by atoms with E-state index in [0.29, 0.717) is 0 Å². The zero-order valence-corrected chi connectivity index (χ0v) is 17.0. The molecule has 0 radical (unpaired) electrons. The summed E-state index contributed by atoms with van der Waals surface area (Å²) in [5.41, 5.74) is 5.87. The first-order valence-corrected chi connectivity index (χ1v) is 10.6. The van der Waals surface area contributed by atoms with E-state index in [0.717, 1.165) is 48.9 Å². The van der Waals surface area contributed by atoms with E-state index in [4.69, 9.17) is 0 Å². The van der Waals surface area contributed by atoms with E-state index in [9.17, 15) is 5.26 Å². The van der Waals surface area contributed by atoms with E-state index in [-0.39, 0.29) is 5.41 Å². The van der Waals surface area contributed by atoms with Crippen molar-refractivity contribution in [2.45, 2.75) is 24.8 Å². The van der Waals surface area contributed by atoms with E-state index in [2.05, 4.69) is 94.8 Å². The Balaban J connectivity index is 1.52. The predicted octanol–water partition coefficient (Wildman–Crippen LogP) is 5.43. The summed E-state index contributed by atoms with van der Waals surface area (Å²) in [4.78, 5) is 5.80. The van der Waals surface area contributed by atoms with Crippen molar-refractivity contribution in [1.82, 2.24) is 9.88 Å². The molecule has 5 rings (SSSR count). The van der Waals surface area contributed by atoms with Gasteiger partial charge in [0.1, 0.15) is 6.07 Å². The molecule has 30 heavy (non-hydrogen) atoms. The van der Waals surface area contributed by atoms with Crippen LogP contribution in [0.15, 0.2) is 85.1 Å². The summed E-state index contributed by atoms with van der Waals surface area (Å²) in [5, 5.41) is 10.5. The maximum absolute atomic E-state index is 9.51. The Hall–Kier alpha value is -3.35. The third-order valence-corrected chi connectivity index (χ3v) is 6.48. The molecule has 1 N–H and O–H groups in total. The van der Waals surface area contributed by atoms with Crippen molar-refractivity contribution in [3.63, 3.8) is 0 Å². The van der Waals surface area contributed by atoms with Gasteiger partial charge in [-0.3, -0.25) is 4.90 Å². The number of likely N-dealkylation sites (tertiary alicyclic amines) is 1. The van der Waals surface area contributed by atoms with Gasteiger partial charge in [-0.1, -0.05) is 66.7 Å². The lowest BCUT2D eigenvalue weighted by Gasteiger charge is -2.31. The minimum atomic E-state index is 0.0499. The van der Waals surface area contributed by atoms with Crippen molar-refractivity contribution in [3.05, 3.63) is 107 Å². The topological polar surface area (TPSA) is 42.8 Å². The molecule has 1 atom stereocenters. The number of nitrogens with one attached hydrogen (secondary N) is 1. The largest absolute Gasteiger partial charge is 0.360 e. The van der Waals surface area contributed by atoms with Crippen molar-refractivity contribution in [2.24, 2.45) is 0 Å². The van der Waals surface area contributed by atoms with Crippen LogP contribution in [-0.4, -0.2) is 23.0 Å². The summed E-state index contributed by atoms with van der Waals surface area (Å²) >= 11 is 0. The van der Waals surface area contributed by atoms with Crippen LogP contribution in [0.1, 0.15) is 28.7 Å². The second kappa shape index (κ2) is 7.82. The van der Waals surface area contributed by atoms with Crippen LogP contribution in [0.25, 0.3) is 10.9 Å². The molecule has 3 aromatic carbocycles. The quantitative estimate of drug-likeness (QED) is 0.493. The SMILES string of the molecule is N#Cc1c[nH]c2ccc(C3(Cc4ccccc4)CCN(Cc4ccccc4)C3)cc12. The molecule has 1 aliphatic rings. The molecule has 1 saturated heterocycles. The van der Waals surface area contributed by atoms with E-state index >= 15 is 0 Å². The number of rotatable bonds is 5. The molecule has 2 heterocycles. The Morgan fingerprint density at radius 2 is 1.67 bits per heavy atom. The van der Waals surface area contributed by atoms with Crippen LogP contribution in [0.3, 0.4) is 0 Å². The highest BCUT2D eigenvalue weighted by Gasteiger charge is 2.39. The molecule has 1 fully saturated rings. The molecule has 1 aliphatic heterocycles. The summed E-state index contributed by atoms with van der Waals surface area (Å²) < 4.78 is 0. The molecule has 3 heteroatoms. The number of aromatic amines is 1. The van der Waals surface area contributed by atoms with Crippen LogP contribution < -0.4 is 0 Å². The fourth-order valence-electron chi connectivity index (χ4n) is 4.95. The lowest BCUT2D eigenvalue weighted by atomic mass is 9.74.